The quantitative estimate of drug-likeness (QED) is 0.652. The van der Waals surface area contributed by atoms with Crippen LogP contribution >= 0.6 is 0 Å². The van der Waals surface area contributed by atoms with Crippen molar-refractivity contribution in [2.24, 2.45) is 11.8 Å². The van der Waals surface area contributed by atoms with E-state index in [9.17, 15) is 9.18 Å². The Bertz CT molecular complexity index is 1170. The molecule has 4 aliphatic carbocycles. The molecule has 0 spiro atoms. The fourth-order valence-corrected chi connectivity index (χ4v) is 6.78. The lowest BCUT2D eigenvalue weighted by Crippen LogP contribution is -2.64. The highest BCUT2D eigenvalue weighted by atomic mass is 19.1. The largest absolute Gasteiger partial charge is 0.420 e. The van der Waals surface area contributed by atoms with Crippen LogP contribution in [0.2, 0.25) is 0 Å². The Morgan fingerprint density at radius 2 is 1.81 bits per heavy atom. The van der Waals surface area contributed by atoms with E-state index in [-0.39, 0.29) is 22.7 Å². The lowest BCUT2D eigenvalue weighted by atomic mass is 9.46. The van der Waals surface area contributed by atoms with Gasteiger partial charge < -0.3 is 9.73 Å². The molecule has 7 rings (SSSR count). The van der Waals surface area contributed by atoms with Crippen LogP contribution in [-0.2, 0) is 5.41 Å². The molecule has 0 aliphatic heterocycles. The topological polar surface area (TPSA) is 80.9 Å². The molecule has 164 valence electrons. The highest BCUT2D eigenvalue weighted by Crippen LogP contribution is 2.62. The van der Waals surface area contributed by atoms with Crippen molar-refractivity contribution in [1.82, 2.24) is 20.5 Å². The first-order chi connectivity index (χ1) is 15.4. The van der Waals surface area contributed by atoms with E-state index in [1.54, 1.807) is 18.2 Å². The number of carbonyl (C=O) groups is 1. The number of aromatic nitrogens is 3. The molecule has 0 radical (unpaired) electrons. The van der Waals surface area contributed by atoms with Crippen LogP contribution in [0, 0.1) is 24.6 Å². The molecule has 7 heteroatoms. The zero-order valence-electron chi connectivity index (χ0n) is 18.0. The molecule has 6 nitrogen and oxygen atoms in total. The summed E-state index contributed by atoms with van der Waals surface area (Å²) in [5.74, 6) is 1.72. The molecule has 4 bridgehead atoms. The summed E-state index contributed by atoms with van der Waals surface area (Å²) in [6.45, 7) is 1.89. The minimum atomic E-state index is -0.296. The Balaban J connectivity index is 1.30. The molecule has 3 aromatic rings. The monoisotopic (exact) mass is 432 g/mol. The molecular weight excluding hydrogens is 407 g/mol. The predicted molar refractivity (Wildman–Crippen MR) is 115 cm³/mol. The highest BCUT2D eigenvalue weighted by molar-refractivity contribution is 5.92. The maximum absolute atomic E-state index is 13.3. The molecule has 1 aromatic carbocycles. The predicted octanol–water partition coefficient (Wildman–Crippen LogP) is 4.60. The Hall–Kier alpha value is -3.09. The lowest BCUT2D eigenvalue weighted by Gasteiger charge is -2.60. The van der Waals surface area contributed by atoms with Gasteiger partial charge in [-0.15, -0.1) is 10.2 Å². The van der Waals surface area contributed by atoms with Crippen molar-refractivity contribution in [1.29, 1.82) is 0 Å². The average Bonchev–Trinajstić information content (AvgIpc) is 3.24. The van der Waals surface area contributed by atoms with Crippen molar-refractivity contribution in [2.75, 3.05) is 0 Å². The number of nitrogens with zero attached hydrogens (tertiary/aromatic N) is 3. The van der Waals surface area contributed by atoms with E-state index in [0.717, 1.165) is 37.8 Å². The van der Waals surface area contributed by atoms with Crippen LogP contribution in [0.1, 0.15) is 60.6 Å². The van der Waals surface area contributed by atoms with Crippen LogP contribution < -0.4 is 5.32 Å². The summed E-state index contributed by atoms with van der Waals surface area (Å²) in [5.41, 5.74) is 1.52. The first kappa shape index (κ1) is 19.6. The number of rotatable bonds is 4. The number of hydrogen-bond donors (Lipinski definition) is 1. The smallest absolute Gasteiger partial charge is 0.270 e. The van der Waals surface area contributed by atoms with E-state index in [4.69, 9.17) is 4.42 Å². The van der Waals surface area contributed by atoms with Gasteiger partial charge in [-0.05, 0) is 93.7 Å². The van der Waals surface area contributed by atoms with Gasteiger partial charge in [0.25, 0.3) is 5.91 Å². The summed E-state index contributed by atoms with van der Waals surface area (Å²) in [6, 6.07) is 11.6. The Morgan fingerprint density at radius 3 is 2.53 bits per heavy atom. The fourth-order valence-electron chi connectivity index (χ4n) is 6.78. The van der Waals surface area contributed by atoms with Gasteiger partial charge >= 0.3 is 0 Å². The van der Waals surface area contributed by atoms with Crippen LogP contribution in [-0.4, -0.2) is 26.6 Å². The van der Waals surface area contributed by atoms with Crippen molar-refractivity contribution < 1.29 is 13.6 Å². The number of aryl methyl sites for hydroxylation is 1. The van der Waals surface area contributed by atoms with Crippen molar-refractivity contribution >= 4 is 5.91 Å². The van der Waals surface area contributed by atoms with E-state index in [1.165, 1.54) is 18.6 Å². The van der Waals surface area contributed by atoms with E-state index in [0.29, 0.717) is 34.9 Å². The standard InChI is InChI=1S/C25H25FN4O2/c1-15-3-2-4-20(27-15)21(31)28-25-12-16-9-17(13-25)11-24(10-16,14-25)23-30-29-22(32-23)18-5-7-19(26)8-6-18/h2-8,16-17H,9-14H2,1H3,(H,28,31). The van der Waals surface area contributed by atoms with Gasteiger partial charge in [0, 0.05) is 16.8 Å². The van der Waals surface area contributed by atoms with E-state index in [2.05, 4.69) is 20.5 Å². The second kappa shape index (κ2) is 6.95. The van der Waals surface area contributed by atoms with Crippen LogP contribution in [0.25, 0.3) is 11.5 Å². The molecule has 2 unspecified atom stereocenters. The number of pyridine rings is 1. The molecular formula is C25H25FN4O2. The molecule has 2 aromatic heterocycles. The van der Waals surface area contributed by atoms with Crippen molar-refractivity contribution in [3.63, 3.8) is 0 Å². The van der Waals surface area contributed by atoms with Gasteiger partial charge in [-0.25, -0.2) is 9.37 Å². The van der Waals surface area contributed by atoms with Gasteiger partial charge in [-0.3, -0.25) is 4.79 Å². The zero-order chi connectivity index (χ0) is 21.9. The number of halogens is 1. The van der Waals surface area contributed by atoms with E-state index in [1.807, 2.05) is 19.1 Å². The van der Waals surface area contributed by atoms with Crippen molar-refractivity contribution in [3.8, 4) is 11.5 Å². The van der Waals surface area contributed by atoms with Crippen LogP contribution in [0.3, 0.4) is 0 Å². The minimum Gasteiger partial charge on any atom is -0.420 e. The maximum atomic E-state index is 13.3. The summed E-state index contributed by atoms with van der Waals surface area (Å²) in [4.78, 5) is 17.5. The number of amides is 1. The summed E-state index contributed by atoms with van der Waals surface area (Å²) >= 11 is 0. The second-order valence-electron chi connectivity index (χ2n) is 10.1. The van der Waals surface area contributed by atoms with Gasteiger partial charge in [0.05, 0.1) is 5.41 Å². The lowest BCUT2D eigenvalue weighted by molar-refractivity contribution is -0.0471. The molecule has 4 saturated carbocycles. The highest BCUT2D eigenvalue weighted by Gasteiger charge is 2.60. The zero-order valence-corrected chi connectivity index (χ0v) is 18.0. The van der Waals surface area contributed by atoms with Gasteiger partial charge in [-0.1, -0.05) is 6.07 Å². The normalized spacial score (nSPS) is 30.4. The first-order valence-electron chi connectivity index (χ1n) is 11.3. The number of benzene rings is 1. The Kier molecular flexibility index (Phi) is 4.26. The SMILES string of the molecule is Cc1cccc(C(=O)NC23CC4CC(C2)CC(c2nnc(-c5ccc(F)cc5)o2)(C4)C3)n1. The van der Waals surface area contributed by atoms with Crippen LogP contribution in [0.4, 0.5) is 4.39 Å². The second-order valence-corrected chi connectivity index (χ2v) is 10.1. The summed E-state index contributed by atoms with van der Waals surface area (Å²) in [5, 5.41) is 12.1. The summed E-state index contributed by atoms with van der Waals surface area (Å²) in [7, 11) is 0. The van der Waals surface area contributed by atoms with Gasteiger partial charge in [0.15, 0.2) is 0 Å². The molecule has 2 heterocycles. The third-order valence-corrected chi connectivity index (χ3v) is 7.53. The molecule has 2 atom stereocenters. The minimum absolute atomic E-state index is 0.108. The summed E-state index contributed by atoms with van der Waals surface area (Å²) < 4.78 is 19.5. The molecule has 0 saturated heterocycles. The fraction of sp³-hybridized carbons (Fsp3) is 0.440. The van der Waals surface area contributed by atoms with E-state index < -0.39 is 0 Å². The van der Waals surface area contributed by atoms with E-state index >= 15 is 0 Å². The summed E-state index contributed by atoms with van der Waals surface area (Å²) in [6.07, 6.45) is 5.99. The molecule has 32 heavy (non-hydrogen) atoms. The van der Waals surface area contributed by atoms with Gasteiger partial charge in [0.1, 0.15) is 11.5 Å². The molecule has 4 aliphatic rings. The van der Waals surface area contributed by atoms with Crippen LogP contribution in [0.5, 0.6) is 0 Å². The third kappa shape index (κ3) is 3.22. The molecule has 4 fully saturated rings. The van der Waals surface area contributed by atoms with Crippen LogP contribution in [0.15, 0.2) is 46.9 Å². The van der Waals surface area contributed by atoms with Gasteiger partial charge in [0.2, 0.25) is 11.8 Å². The molecule has 1 N–H and O–H groups in total. The Labute approximate surface area is 185 Å². The first-order valence-corrected chi connectivity index (χ1v) is 11.3. The number of carbonyl (C=O) groups excluding carboxylic acids is 1. The Morgan fingerprint density at radius 1 is 1.06 bits per heavy atom. The number of hydrogen-bond acceptors (Lipinski definition) is 5. The van der Waals surface area contributed by atoms with Crippen molar-refractivity contribution in [3.05, 3.63) is 65.6 Å². The van der Waals surface area contributed by atoms with Crippen molar-refractivity contribution in [2.45, 2.75) is 56.4 Å². The number of nitrogens with one attached hydrogen (secondary N) is 1. The third-order valence-electron chi connectivity index (χ3n) is 7.53. The average molecular weight is 432 g/mol. The van der Waals surface area contributed by atoms with Gasteiger partial charge in [-0.2, -0.15) is 0 Å². The maximum Gasteiger partial charge on any atom is 0.270 e. The molecule has 1 amide bonds.